The molecule has 1 rings (SSSR count). The molecule has 0 saturated carbocycles. The molecule has 124 valence electrons. The van der Waals surface area contributed by atoms with Crippen molar-refractivity contribution in [3.63, 3.8) is 0 Å². The van der Waals surface area contributed by atoms with E-state index >= 15 is 0 Å². The van der Waals surface area contributed by atoms with Crippen molar-refractivity contribution in [2.24, 2.45) is 0 Å². The predicted octanol–water partition coefficient (Wildman–Crippen LogP) is 2.74. The first kappa shape index (κ1) is 18.5. The molecular weight excluding hydrogens is 354 g/mol. The molecule has 1 N–H and O–H groups in total. The number of rotatable bonds is 5. The van der Waals surface area contributed by atoms with Gasteiger partial charge in [-0.25, -0.2) is 9.59 Å². The Morgan fingerprint density at radius 3 is 2.64 bits per heavy atom. The summed E-state index contributed by atoms with van der Waals surface area (Å²) < 4.78 is 12.2. The maximum Gasteiger partial charge on any atom is 0.407 e. The Bertz CT molecular complexity index is 537. The van der Waals surface area contributed by atoms with E-state index < -0.39 is 17.7 Å². The standard InChI is InChI=1S/C14H22BrN3O4/c1-6-21-12(19)10-7-11(15)17-18(10)8-9(2)16-13(20)22-14(3,4)5/h7,9H,6,8H2,1-5H3,(H,16,20). The van der Waals surface area contributed by atoms with E-state index in [1.165, 1.54) is 4.68 Å². The normalized spacial score (nSPS) is 12.6. The molecule has 0 fully saturated rings. The van der Waals surface area contributed by atoms with Crippen molar-refractivity contribution in [2.45, 2.75) is 52.8 Å². The number of aromatic nitrogens is 2. The average molecular weight is 376 g/mol. The van der Waals surface area contributed by atoms with Crippen LogP contribution >= 0.6 is 15.9 Å². The number of ether oxygens (including phenoxy) is 2. The maximum absolute atomic E-state index is 11.9. The number of hydrogen-bond donors (Lipinski definition) is 1. The third-order valence-corrected chi connectivity index (χ3v) is 2.83. The smallest absolute Gasteiger partial charge is 0.407 e. The molecule has 0 aromatic carbocycles. The quantitative estimate of drug-likeness (QED) is 0.799. The minimum Gasteiger partial charge on any atom is -0.461 e. The Morgan fingerprint density at radius 2 is 2.09 bits per heavy atom. The van der Waals surface area contributed by atoms with Gasteiger partial charge in [0.25, 0.3) is 0 Å². The van der Waals surface area contributed by atoms with Crippen molar-refractivity contribution in [3.05, 3.63) is 16.4 Å². The van der Waals surface area contributed by atoms with Crippen LogP contribution in [0.2, 0.25) is 0 Å². The monoisotopic (exact) mass is 375 g/mol. The molecule has 22 heavy (non-hydrogen) atoms. The van der Waals surface area contributed by atoms with Gasteiger partial charge in [0.15, 0.2) is 0 Å². The second-order valence-electron chi connectivity index (χ2n) is 5.80. The Labute approximate surface area is 138 Å². The number of hydrogen-bond acceptors (Lipinski definition) is 5. The largest absolute Gasteiger partial charge is 0.461 e. The lowest BCUT2D eigenvalue weighted by atomic mass is 10.2. The number of carbonyl (C=O) groups is 2. The first-order chi connectivity index (χ1) is 10.1. The van der Waals surface area contributed by atoms with E-state index in [1.54, 1.807) is 40.7 Å². The number of halogens is 1. The Hall–Kier alpha value is -1.57. The molecule has 1 atom stereocenters. The molecule has 0 saturated heterocycles. The molecule has 1 heterocycles. The molecule has 0 spiro atoms. The van der Waals surface area contributed by atoms with Crippen molar-refractivity contribution >= 4 is 28.0 Å². The van der Waals surface area contributed by atoms with Crippen LogP contribution in [-0.2, 0) is 16.0 Å². The van der Waals surface area contributed by atoms with Crippen molar-refractivity contribution in [2.75, 3.05) is 6.61 Å². The molecule has 7 nitrogen and oxygen atoms in total. The van der Waals surface area contributed by atoms with Crippen molar-refractivity contribution < 1.29 is 19.1 Å². The molecule has 0 radical (unpaired) electrons. The van der Waals surface area contributed by atoms with E-state index in [9.17, 15) is 9.59 Å². The van der Waals surface area contributed by atoms with E-state index in [-0.39, 0.29) is 12.6 Å². The number of amides is 1. The van der Waals surface area contributed by atoms with Crippen molar-refractivity contribution in [1.82, 2.24) is 15.1 Å². The fourth-order valence-corrected chi connectivity index (χ4v) is 2.12. The fraction of sp³-hybridized carbons (Fsp3) is 0.643. The Morgan fingerprint density at radius 1 is 1.45 bits per heavy atom. The number of esters is 1. The fourth-order valence-electron chi connectivity index (χ4n) is 1.71. The Balaban J connectivity index is 2.70. The average Bonchev–Trinajstić information content (AvgIpc) is 2.67. The summed E-state index contributed by atoms with van der Waals surface area (Å²) in [6.45, 7) is 9.52. The number of alkyl carbamates (subject to hydrolysis) is 1. The van der Waals surface area contributed by atoms with Crippen molar-refractivity contribution in [1.29, 1.82) is 0 Å². The van der Waals surface area contributed by atoms with E-state index in [0.29, 0.717) is 16.8 Å². The van der Waals surface area contributed by atoms with Crippen LogP contribution < -0.4 is 5.32 Å². The molecule has 0 aliphatic rings. The summed E-state index contributed by atoms with van der Waals surface area (Å²) in [5, 5.41) is 6.88. The lowest BCUT2D eigenvalue weighted by Crippen LogP contribution is -2.40. The third kappa shape index (κ3) is 6.05. The van der Waals surface area contributed by atoms with Gasteiger partial charge in [-0.1, -0.05) is 0 Å². The van der Waals surface area contributed by atoms with E-state index in [2.05, 4.69) is 26.3 Å². The second kappa shape index (κ2) is 7.62. The van der Waals surface area contributed by atoms with Gasteiger partial charge in [0.1, 0.15) is 15.9 Å². The summed E-state index contributed by atoms with van der Waals surface area (Å²) in [6, 6.07) is 1.31. The summed E-state index contributed by atoms with van der Waals surface area (Å²) in [6.07, 6.45) is -0.510. The van der Waals surface area contributed by atoms with Crippen molar-refractivity contribution in [3.8, 4) is 0 Å². The molecule has 0 aliphatic heterocycles. The van der Waals surface area contributed by atoms with Gasteiger partial charge in [0, 0.05) is 12.1 Å². The zero-order chi connectivity index (χ0) is 16.9. The lowest BCUT2D eigenvalue weighted by Gasteiger charge is -2.22. The summed E-state index contributed by atoms with van der Waals surface area (Å²) in [5.41, 5.74) is -0.235. The second-order valence-corrected chi connectivity index (χ2v) is 6.61. The lowest BCUT2D eigenvalue weighted by molar-refractivity contribution is 0.0501. The number of nitrogens with one attached hydrogen (secondary N) is 1. The minimum atomic E-state index is -0.561. The minimum absolute atomic E-state index is 0.269. The molecular formula is C14H22BrN3O4. The van der Waals surface area contributed by atoms with Crippen LogP contribution in [0.1, 0.15) is 45.1 Å². The van der Waals surface area contributed by atoms with Gasteiger partial charge in [-0.3, -0.25) is 4.68 Å². The van der Waals surface area contributed by atoms with Gasteiger partial charge in [-0.15, -0.1) is 0 Å². The van der Waals surface area contributed by atoms with Gasteiger partial charge < -0.3 is 14.8 Å². The van der Waals surface area contributed by atoms with Crippen LogP contribution in [0.3, 0.4) is 0 Å². The number of carbonyl (C=O) groups excluding carboxylic acids is 2. The van der Waals surface area contributed by atoms with Gasteiger partial charge in [0.05, 0.1) is 13.2 Å². The van der Waals surface area contributed by atoms with Gasteiger partial charge in [-0.05, 0) is 50.5 Å². The maximum atomic E-state index is 11.9. The zero-order valence-electron chi connectivity index (χ0n) is 13.5. The highest BCUT2D eigenvalue weighted by Gasteiger charge is 2.20. The molecule has 1 unspecified atom stereocenters. The van der Waals surface area contributed by atoms with Crippen LogP contribution in [-0.4, -0.2) is 40.1 Å². The van der Waals surface area contributed by atoms with Crippen LogP contribution in [0.15, 0.2) is 10.7 Å². The molecule has 1 aromatic rings. The molecule has 8 heteroatoms. The van der Waals surface area contributed by atoms with E-state index in [1.807, 2.05) is 0 Å². The highest BCUT2D eigenvalue weighted by atomic mass is 79.9. The van der Waals surface area contributed by atoms with E-state index in [4.69, 9.17) is 9.47 Å². The summed E-state index contributed by atoms with van der Waals surface area (Å²) in [7, 11) is 0. The molecule has 0 aliphatic carbocycles. The van der Waals surface area contributed by atoms with E-state index in [0.717, 1.165) is 0 Å². The van der Waals surface area contributed by atoms with Crippen LogP contribution in [0.5, 0.6) is 0 Å². The molecule has 0 bridgehead atoms. The Kier molecular flexibility index (Phi) is 6.40. The first-order valence-corrected chi connectivity index (χ1v) is 7.81. The van der Waals surface area contributed by atoms with Crippen LogP contribution in [0, 0.1) is 0 Å². The topological polar surface area (TPSA) is 82.5 Å². The highest BCUT2D eigenvalue weighted by molar-refractivity contribution is 9.10. The van der Waals surface area contributed by atoms with Crippen LogP contribution in [0.4, 0.5) is 4.79 Å². The van der Waals surface area contributed by atoms with Gasteiger partial charge in [-0.2, -0.15) is 5.10 Å². The summed E-state index contributed by atoms with van der Waals surface area (Å²) >= 11 is 3.23. The van der Waals surface area contributed by atoms with Gasteiger partial charge >= 0.3 is 12.1 Å². The van der Waals surface area contributed by atoms with Gasteiger partial charge in [0.2, 0.25) is 0 Å². The molecule has 1 aromatic heterocycles. The highest BCUT2D eigenvalue weighted by Crippen LogP contribution is 2.13. The third-order valence-electron chi connectivity index (χ3n) is 2.44. The SMILES string of the molecule is CCOC(=O)c1cc(Br)nn1CC(C)NC(=O)OC(C)(C)C. The summed E-state index contributed by atoms with van der Waals surface area (Å²) in [5.74, 6) is -0.454. The van der Waals surface area contributed by atoms with Crippen LogP contribution in [0.25, 0.3) is 0 Å². The zero-order valence-corrected chi connectivity index (χ0v) is 15.1. The predicted molar refractivity (Wildman–Crippen MR) is 84.7 cm³/mol. The first-order valence-electron chi connectivity index (χ1n) is 7.02. The summed E-state index contributed by atoms with van der Waals surface area (Å²) in [4.78, 5) is 23.6. The molecule has 1 amide bonds. The number of nitrogens with zero attached hydrogens (tertiary/aromatic N) is 2.